The lowest BCUT2D eigenvalue weighted by Gasteiger charge is -2.33. The molecule has 1 aliphatic heterocycles. The summed E-state index contributed by atoms with van der Waals surface area (Å²) in [6, 6.07) is 6.58. The molecule has 1 saturated heterocycles. The van der Waals surface area contributed by atoms with Crippen LogP contribution in [0.1, 0.15) is 30.1 Å². The zero-order chi connectivity index (χ0) is 25.2. The molecule has 3 atom stereocenters. The molecule has 10 heteroatoms. The first-order valence-electron chi connectivity index (χ1n) is 11.1. The molecule has 1 aromatic carbocycles. The predicted molar refractivity (Wildman–Crippen MR) is 124 cm³/mol. The van der Waals surface area contributed by atoms with E-state index in [-0.39, 0.29) is 23.8 Å². The van der Waals surface area contributed by atoms with Crippen molar-refractivity contribution in [3.8, 4) is 17.1 Å². The van der Waals surface area contributed by atoms with Gasteiger partial charge in [-0.1, -0.05) is 6.58 Å². The molecule has 184 valence electrons. The summed E-state index contributed by atoms with van der Waals surface area (Å²) >= 11 is 0. The Kier molecular flexibility index (Phi) is 6.90. The number of aromatic nitrogens is 2. The van der Waals surface area contributed by atoms with Crippen LogP contribution in [0.25, 0.3) is 11.4 Å². The zero-order valence-corrected chi connectivity index (χ0v) is 19.3. The van der Waals surface area contributed by atoms with Gasteiger partial charge in [-0.25, -0.2) is 15.0 Å². The van der Waals surface area contributed by atoms with Gasteiger partial charge < -0.3 is 14.4 Å². The molecule has 1 amide bonds. The van der Waals surface area contributed by atoms with Crippen molar-refractivity contribution in [3.05, 3.63) is 66.7 Å². The summed E-state index contributed by atoms with van der Waals surface area (Å²) in [6.45, 7) is 5.10. The van der Waals surface area contributed by atoms with Crippen LogP contribution in [0.5, 0.6) is 5.75 Å². The largest absolute Gasteiger partial charge is 0.497 e. The Balaban J connectivity index is 1.57. The number of piperidine rings is 1. The number of fused-ring (bicyclic) bond motifs is 2. The third-order valence-electron chi connectivity index (χ3n) is 6.23. The number of ether oxygens (including phenoxy) is 2. The van der Waals surface area contributed by atoms with E-state index in [1.807, 2.05) is 0 Å². The van der Waals surface area contributed by atoms with Gasteiger partial charge in [0.1, 0.15) is 11.9 Å². The standard InChI is InChI=1S/C25H25F3N4O3/c1-4-22(31-13-15(2)25(26,27)28)35-21-11-16-10-20(21)32(14-16)24(33)18-7-6-17(34-3)12-19(18)23-29-8-5-9-30-23/h4-9,12-13,16,20-21H,1,10-11,14H2,2-3H3/b15-13+,31-22?. The van der Waals surface area contributed by atoms with Crippen LogP contribution in [0.2, 0.25) is 0 Å². The number of alkyl halides is 3. The molecule has 2 aromatic rings. The summed E-state index contributed by atoms with van der Waals surface area (Å²) in [5, 5.41) is 0. The van der Waals surface area contributed by atoms with Gasteiger partial charge in [-0.2, -0.15) is 13.2 Å². The summed E-state index contributed by atoms with van der Waals surface area (Å²) in [4.78, 5) is 27.8. The van der Waals surface area contributed by atoms with Crippen LogP contribution in [0.4, 0.5) is 13.2 Å². The number of aliphatic imine (C=N–C) groups is 1. The van der Waals surface area contributed by atoms with Crippen LogP contribution in [0.15, 0.2) is 66.1 Å². The average molecular weight is 486 g/mol. The number of halogens is 3. The maximum atomic E-state index is 13.6. The Morgan fingerprint density at radius 1 is 1.26 bits per heavy atom. The molecule has 0 radical (unpaired) electrons. The van der Waals surface area contributed by atoms with Crippen LogP contribution in [0, 0.1) is 5.92 Å². The van der Waals surface area contributed by atoms with Crippen LogP contribution < -0.4 is 4.74 Å². The van der Waals surface area contributed by atoms with Crippen molar-refractivity contribution in [1.82, 2.24) is 14.9 Å². The second kappa shape index (κ2) is 9.89. The molecule has 2 aliphatic rings. The van der Waals surface area contributed by atoms with E-state index in [1.165, 1.54) is 13.2 Å². The lowest BCUT2D eigenvalue weighted by atomic mass is 10.0. The Morgan fingerprint density at radius 2 is 2.00 bits per heavy atom. The van der Waals surface area contributed by atoms with Crippen LogP contribution >= 0.6 is 0 Å². The van der Waals surface area contributed by atoms with Crippen molar-refractivity contribution in [3.63, 3.8) is 0 Å². The number of carbonyl (C=O) groups is 1. The van der Waals surface area contributed by atoms with E-state index in [0.29, 0.717) is 35.7 Å². The fourth-order valence-corrected chi connectivity index (χ4v) is 4.46. The number of amides is 1. The van der Waals surface area contributed by atoms with Gasteiger partial charge in [0, 0.05) is 36.3 Å². The fourth-order valence-electron chi connectivity index (χ4n) is 4.46. The van der Waals surface area contributed by atoms with Gasteiger partial charge in [-0.15, -0.1) is 0 Å². The quantitative estimate of drug-likeness (QED) is 0.432. The van der Waals surface area contributed by atoms with E-state index >= 15 is 0 Å². The number of likely N-dealkylation sites (tertiary alicyclic amines) is 1. The molecule has 4 rings (SSSR count). The lowest BCUT2D eigenvalue weighted by Crippen LogP contribution is -2.46. The highest BCUT2D eigenvalue weighted by atomic mass is 19.4. The Labute approximate surface area is 201 Å². The monoisotopic (exact) mass is 486 g/mol. The van der Waals surface area contributed by atoms with Crippen LogP contribution in [-0.4, -0.2) is 58.6 Å². The smallest absolute Gasteiger partial charge is 0.413 e. The average Bonchev–Trinajstić information content (AvgIpc) is 3.46. The molecule has 1 saturated carbocycles. The first-order chi connectivity index (χ1) is 16.7. The predicted octanol–water partition coefficient (Wildman–Crippen LogP) is 4.82. The van der Waals surface area contributed by atoms with Crippen molar-refractivity contribution >= 4 is 11.8 Å². The molecule has 3 unspecified atom stereocenters. The highest BCUT2D eigenvalue weighted by Crippen LogP contribution is 2.41. The van der Waals surface area contributed by atoms with Gasteiger partial charge in [-0.05, 0) is 56.0 Å². The van der Waals surface area contributed by atoms with Gasteiger partial charge in [0.15, 0.2) is 5.82 Å². The van der Waals surface area contributed by atoms with Crippen molar-refractivity contribution in [2.75, 3.05) is 13.7 Å². The van der Waals surface area contributed by atoms with Gasteiger partial charge >= 0.3 is 6.18 Å². The molecule has 1 aliphatic carbocycles. The molecule has 0 N–H and O–H groups in total. The van der Waals surface area contributed by atoms with E-state index in [9.17, 15) is 18.0 Å². The molecule has 2 heterocycles. The minimum Gasteiger partial charge on any atom is -0.497 e. The molecule has 1 aromatic heterocycles. The highest BCUT2D eigenvalue weighted by Gasteiger charge is 2.48. The number of hydrogen-bond donors (Lipinski definition) is 0. The first kappa shape index (κ1) is 24.4. The van der Waals surface area contributed by atoms with Crippen molar-refractivity contribution in [2.24, 2.45) is 10.9 Å². The SMILES string of the molecule is C=CC(=N/C=C(\C)C(F)(F)F)OC1CC2CC1N(C(=O)c1ccc(OC)cc1-c1ncccn1)C2. The fraction of sp³-hybridized carbons (Fsp3) is 0.360. The summed E-state index contributed by atoms with van der Waals surface area (Å²) < 4.78 is 49.5. The highest BCUT2D eigenvalue weighted by molar-refractivity contribution is 6.01. The third kappa shape index (κ3) is 5.21. The molecular formula is C25H25F3N4O3. The Morgan fingerprint density at radius 3 is 2.63 bits per heavy atom. The van der Waals surface area contributed by atoms with Crippen LogP contribution in [0.3, 0.4) is 0 Å². The number of hydrogen-bond acceptors (Lipinski definition) is 6. The molecule has 35 heavy (non-hydrogen) atoms. The first-order valence-corrected chi connectivity index (χ1v) is 11.1. The third-order valence-corrected chi connectivity index (χ3v) is 6.23. The molecule has 2 bridgehead atoms. The van der Waals surface area contributed by atoms with E-state index in [1.54, 1.807) is 41.6 Å². The van der Waals surface area contributed by atoms with E-state index < -0.39 is 17.9 Å². The van der Waals surface area contributed by atoms with Gasteiger partial charge in [0.05, 0.1) is 18.7 Å². The lowest BCUT2D eigenvalue weighted by molar-refractivity contribution is -0.0915. The zero-order valence-electron chi connectivity index (χ0n) is 19.3. The minimum atomic E-state index is -4.47. The van der Waals surface area contributed by atoms with E-state index in [0.717, 1.165) is 19.5 Å². The van der Waals surface area contributed by atoms with Gasteiger partial charge in [-0.3, -0.25) is 4.79 Å². The second-order valence-corrected chi connectivity index (χ2v) is 8.48. The van der Waals surface area contributed by atoms with Crippen molar-refractivity contribution in [2.45, 2.75) is 38.1 Å². The number of methoxy groups -OCH3 is 1. The van der Waals surface area contributed by atoms with E-state index in [4.69, 9.17) is 9.47 Å². The molecule has 2 fully saturated rings. The minimum absolute atomic E-state index is 0.0126. The summed E-state index contributed by atoms with van der Waals surface area (Å²) in [5.74, 6) is 0.992. The number of nitrogens with zero attached hydrogens (tertiary/aromatic N) is 4. The maximum Gasteiger partial charge on any atom is 0.413 e. The number of rotatable bonds is 6. The molecular weight excluding hydrogens is 461 g/mol. The summed E-state index contributed by atoms with van der Waals surface area (Å²) in [5.41, 5.74) is 0.140. The number of benzene rings is 1. The van der Waals surface area contributed by atoms with Crippen LogP contribution in [-0.2, 0) is 4.74 Å². The summed E-state index contributed by atoms with van der Waals surface area (Å²) in [7, 11) is 1.54. The molecule has 0 spiro atoms. The van der Waals surface area contributed by atoms with Gasteiger partial charge in [0.25, 0.3) is 5.91 Å². The Bertz CT molecular complexity index is 1160. The van der Waals surface area contributed by atoms with Crippen molar-refractivity contribution in [1.29, 1.82) is 0 Å². The summed E-state index contributed by atoms with van der Waals surface area (Å²) in [6.07, 6.45) is 1.74. The van der Waals surface area contributed by atoms with E-state index in [2.05, 4.69) is 21.5 Å². The normalized spacial score (nSPS) is 22.3. The second-order valence-electron chi connectivity index (χ2n) is 8.48. The number of carbonyl (C=O) groups excluding carboxylic acids is 1. The van der Waals surface area contributed by atoms with Crippen molar-refractivity contribution < 1.29 is 27.4 Å². The maximum absolute atomic E-state index is 13.6. The van der Waals surface area contributed by atoms with Gasteiger partial charge in [0.2, 0.25) is 5.90 Å². The Hall–Kier alpha value is -3.69. The molecule has 7 nitrogen and oxygen atoms in total. The number of allylic oxidation sites excluding steroid dienone is 1. The topological polar surface area (TPSA) is 76.9 Å².